The monoisotopic (exact) mass is 409 g/mol. The number of ether oxygens (including phenoxy) is 2. The predicted octanol–water partition coefficient (Wildman–Crippen LogP) is 4.43. The van der Waals surface area contributed by atoms with Crippen molar-refractivity contribution in [1.29, 1.82) is 0 Å². The maximum absolute atomic E-state index is 13.6. The van der Waals surface area contributed by atoms with Gasteiger partial charge in [0.05, 0.1) is 10.9 Å². The third-order valence-electron chi connectivity index (χ3n) is 5.10. The van der Waals surface area contributed by atoms with E-state index in [1.54, 1.807) is 24.3 Å². The van der Waals surface area contributed by atoms with Gasteiger partial charge in [-0.05, 0) is 30.2 Å². The van der Waals surface area contributed by atoms with Gasteiger partial charge in [-0.3, -0.25) is 0 Å². The van der Waals surface area contributed by atoms with E-state index in [1.165, 1.54) is 11.4 Å². The second-order valence-electron chi connectivity index (χ2n) is 7.01. The van der Waals surface area contributed by atoms with Gasteiger partial charge in [-0.1, -0.05) is 78.4 Å². The lowest BCUT2D eigenvalue weighted by Gasteiger charge is -2.27. The summed E-state index contributed by atoms with van der Waals surface area (Å²) in [4.78, 5) is 0.211. The van der Waals surface area contributed by atoms with Gasteiger partial charge < -0.3 is 9.47 Å². The first kappa shape index (κ1) is 19.8. The van der Waals surface area contributed by atoms with Gasteiger partial charge in [0.25, 0.3) is 0 Å². The Labute approximate surface area is 171 Å². The number of methoxy groups -OCH3 is 1. The number of benzene rings is 3. The minimum atomic E-state index is -3.87. The van der Waals surface area contributed by atoms with Crippen molar-refractivity contribution in [2.24, 2.45) is 0 Å². The van der Waals surface area contributed by atoms with Crippen LogP contribution in [0.5, 0.6) is 0 Å². The maximum Gasteiger partial charge on any atom is 0.247 e. The number of nitrogens with zero attached hydrogens (tertiary/aromatic N) is 1. The van der Waals surface area contributed by atoms with Gasteiger partial charge in [-0.2, -0.15) is 0 Å². The largest absolute Gasteiger partial charge is 0.342 e. The Kier molecular flexibility index (Phi) is 5.52. The molecule has 0 saturated carbocycles. The summed E-state index contributed by atoms with van der Waals surface area (Å²) in [6.07, 6.45) is -1.53. The third-order valence-corrected chi connectivity index (χ3v) is 6.92. The van der Waals surface area contributed by atoms with Crippen molar-refractivity contribution in [2.75, 3.05) is 7.11 Å². The van der Waals surface area contributed by atoms with Gasteiger partial charge >= 0.3 is 0 Å². The van der Waals surface area contributed by atoms with Crippen molar-refractivity contribution < 1.29 is 17.9 Å². The second kappa shape index (κ2) is 8.08. The molecule has 0 aromatic heterocycles. The van der Waals surface area contributed by atoms with Crippen LogP contribution >= 0.6 is 0 Å². The molecule has 6 heteroatoms. The summed E-state index contributed by atoms with van der Waals surface area (Å²) in [5.74, 6) is 0. The first-order valence-corrected chi connectivity index (χ1v) is 10.8. The van der Waals surface area contributed by atoms with Crippen molar-refractivity contribution in [1.82, 2.24) is 4.31 Å². The van der Waals surface area contributed by atoms with Gasteiger partial charge in [-0.25, -0.2) is 8.42 Å². The smallest absolute Gasteiger partial charge is 0.247 e. The average Bonchev–Trinajstić information content (AvgIpc) is 3.16. The van der Waals surface area contributed by atoms with Crippen molar-refractivity contribution in [3.05, 3.63) is 102 Å². The van der Waals surface area contributed by atoms with Crippen LogP contribution in [-0.2, 0) is 19.5 Å². The molecule has 150 valence electrons. The molecule has 0 radical (unpaired) electrons. The predicted molar refractivity (Wildman–Crippen MR) is 110 cm³/mol. The second-order valence-corrected chi connectivity index (χ2v) is 8.86. The maximum atomic E-state index is 13.6. The molecule has 1 aliphatic heterocycles. The van der Waals surface area contributed by atoms with E-state index < -0.39 is 28.6 Å². The highest BCUT2D eigenvalue weighted by Gasteiger charge is 2.50. The first-order valence-electron chi connectivity index (χ1n) is 9.41. The first-order chi connectivity index (χ1) is 14.0. The Morgan fingerprint density at radius 3 is 1.93 bits per heavy atom. The van der Waals surface area contributed by atoms with Gasteiger partial charge in [0.2, 0.25) is 16.4 Å². The summed E-state index contributed by atoms with van der Waals surface area (Å²) in [6, 6.07) is 25.4. The number of aryl methyl sites for hydroxylation is 1. The summed E-state index contributed by atoms with van der Waals surface area (Å²) in [7, 11) is -2.42. The lowest BCUT2D eigenvalue weighted by molar-refractivity contribution is -0.151. The van der Waals surface area contributed by atoms with Crippen LogP contribution in [0.15, 0.2) is 89.8 Å². The Morgan fingerprint density at radius 2 is 1.38 bits per heavy atom. The van der Waals surface area contributed by atoms with E-state index in [2.05, 4.69) is 0 Å². The Bertz CT molecular complexity index is 1050. The molecule has 29 heavy (non-hydrogen) atoms. The van der Waals surface area contributed by atoms with Crippen LogP contribution in [0.25, 0.3) is 0 Å². The van der Waals surface area contributed by atoms with E-state index >= 15 is 0 Å². The normalized spacial score (nSPS) is 22.6. The summed E-state index contributed by atoms with van der Waals surface area (Å²) >= 11 is 0. The van der Waals surface area contributed by atoms with E-state index in [-0.39, 0.29) is 4.90 Å². The number of rotatable bonds is 5. The Morgan fingerprint density at radius 1 is 0.828 bits per heavy atom. The van der Waals surface area contributed by atoms with E-state index in [9.17, 15) is 8.42 Å². The molecular formula is C23H23NO4S. The van der Waals surface area contributed by atoms with Crippen molar-refractivity contribution in [3.8, 4) is 0 Å². The van der Waals surface area contributed by atoms with Crippen LogP contribution in [-0.4, -0.2) is 26.2 Å². The molecule has 5 nitrogen and oxygen atoms in total. The fourth-order valence-electron chi connectivity index (χ4n) is 3.65. The van der Waals surface area contributed by atoms with Crippen LogP contribution in [0.1, 0.15) is 28.8 Å². The van der Waals surface area contributed by atoms with Gasteiger partial charge in [0.15, 0.2) is 0 Å². The van der Waals surface area contributed by atoms with E-state index in [0.29, 0.717) is 0 Å². The Hall–Kier alpha value is -2.51. The Balaban J connectivity index is 1.86. The summed E-state index contributed by atoms with van der Waals surface area (Å²) in [5.41, 5.74) is 2.73. The highest BCUT2D eigenvalue weighted by atomic mass is 32.2. The van der Waals surface area contributed by atoms with Crippen molar-refractivity contribution in [2.45, 2.75) is 30.4 Å². The molecule has 1 fully saturated rings. The van der Waals surface area contributed by atoms with E-state index in [1.807, 2.05) is 67.6 Å². The molecule has 0 aliphatic carbocycles. The van der Waals surface area contributed by atoms with E-state index in [4.69, 9.17) is 9.47 Å². The van der Waals surface area contributed by atoms with Crippen LogP contribution in [0.4, 0.5) is 0 Å². The fraction of sp³-hybridized carbons (Fsp3) is 0.217. The molecular weight excluding hydrogens is 386 g/mol. The summed E-state index contributed by atoms with van der Waals surface area (Å²) < 4.78 is 40.2. The fourth-order valence-corrected chi connectivity index (χ4v) is 5.27. The highest BCUT2D eigenvalue weighted by Crippen LogP contribution is 2.47. The standard InChI is InChI=1S/C23H23NO4S/c1-17-13-15-20(16-14-17)29(25,26)24-21(18-9-5-3-6-10-18)22(28-23(24)27-2)19-11-7-4-8-12-19/h3-16,21-23H,1-2H3/t21-,22+,23?/m1/s1. The lowest BCUT2D eigenvalue weighted by atomic mass is 9.97. The number of sulfonamides is 1. The zero-order valence-electron chi connectivity index (χ0n) is 16.3. The van der Waals surface area contributed by atoms with Crippen molar-refractivity contribution in [3.63, 3.8) is 0 Å². The molecule has 0 N–H and O–H groups in total. The topological polar surface area (TPSA) is 55.8 Å². The van der Waals surface area contributed by atoms with Crippen LogP contribution in [0.3, 0.4) is 0 Å². The molecule has 3 aromatic rings. The lowest BCUT2D eigenvalue weighted by Crippen LogP contribution is -2.39. The molecule has 1 heterocycles. The molecule has 3 atom stereocenters. The van der Waals surface area contributed by atoms with Gasteiger partial charge in [-0.15, -0.1) is 4.31 Å². The van der Waals surface area contributed by atoms with Crippen LogP contribution in [0.2, 0.25) is 0 Å². The SMILES string of the molecule is COC1O[C@@H](c2ccccc2)[C@@H](c2ccccc2)N1S(=O)(=O)c1ccc(C)cc1. The van der Waals surface area contributed by atoms with Gasteiger partial charge in [0.1, 0.15) is 6.10 Å². The zero-order valence-corrected chi connectivity index (χ0v) is 17.1. The summed E-state index contributed by atoms with van der Waals surface area (Å²) in [6.45, 7) is 1.92. The minimum Gasteiger partial charge on any atom is -0.342 e. The molecule has 1 aliphatic rings. The minimum absolute atomic E-state index is 0.211. The average molecular weight is 410 g/mol. The third kappa shape index (κ3) is 3.72. The quantitative estimate of drug-likeness (QED) is 0.626. The van der Waals surface area contributed by atoms with Crippen LogP contribution in [0, 0.1) is 6.92 Å². The molecule has 1 saturated heterocycles. The molecule has 0 bridgehead atoms. The molecule has 0 spiro atoms. The van der Waals surface area contributed by atoms with Crippen LogP contribution < -0.4 is 0 Å². The molecule has 4 rings (SSSR count). The van der Waals surface area contributed by atoms with E-state index in [0.717, 1.165) is 16.7 Å². The van der Waals surface area contributed by atoms with Gasteiger partial charge in [0, 0.05) is 7.11 Å². The molecule has 3 aromatic carbocycles. The summed E-state index contributed by atoms with van der Waals surface area (Å²) in [5, 5.41) is 0. The molecule has 0 amide bonds. The molecule has 1 unspecified atom stereocenters. The number of hydrogen-bond acceptors (Lipinski definition) is 4. The number of hydrogen-bond donors (Lipinski definition) is 0. The van der Waals surface area contributed by atoms with Crippen molar-refractivity contribution >= 4 is 10.0 Å². The zero-order chi connectivity index (χ0) is 20.4. The highest BCUT2D eigenvalue weighted by molar-refractivity contribution is 7.89.